The van der Waals surface area contributed by atoms with Gasteiger partial charge < -0.3 is 14.3 Å². The number of carbonyl (C=O) groups is 1. The van der Waals surface area contributed by atoms with Gasteiger partial charge >= 0.3 is 0 Å². The number of hydrogen-bond acceptors (Lipinski definition) is 4. The molecular formula is C27H32FN3O2. The van der Waals surface area contributed by atoms with Gasteiger partial charge in [-0.25, -0.2) is 4.39 Å². The van der Waals surface area contributed by atoms with E-state index in [1.165, 1.54) is 12.1 Å². The van der Waals surface area contributed by atoms with E-state index < -0.39 is 0 Å². The van der Waals surface area contributed by atoms with E-state index in [2.05, 4.69) is 23.9 Å². The molecule has 0 bridgehead atoms. The van der Waals surface area contributed by atoms with E-state index in [4.69, 9.17) is 4.52 Å². The van der Waals surface area contributed by atoms with Crippen LogP contribution in [0.4, 0.5) is 10.3 Å². The van der Waals surface area contributed by atoms with Crippen molar-refractivity contribution in [2.75, 3.05) is 18.0 Å². The molecular weight excluding hydrogens is 417 g/mol. The number of halogens is 1. The summed E-state index contributed by atoms with van der Waals surface area (Å²) in [6, 6.07) is 15.7. The maximum Gasteiger partial charge on any atom is 0.254 e. The zero-order valence-corrected chi connectivity index (χ0v) is 19.6. The minimum atomic E-state index is -0.353. The van der Waals surface area contributed by atoms with Gasteiger partial charge in [0, 0.05) is 30.3 Å². The molecule has 6 heteroatoms. The summed E-state index contributed by atoms with van der Waals surface area (Å²) in [4.78, 5) is 17.6. The molecule has 2 aromatic carbocycles. The Morgan fingerprint density at radius 1 is 1.15 bits per heavy atom. The van der Waals surface area contributed by atoms with Gasteiger partial charge in [-0.3, -0.25) is 4.79 Å². The molecule has 1 fully saturated rings. The van der Waals surface area contributed by atoms with Crippen LogP contribution in [-0.2, 0) is 6.54 Å². The molecule has 4 rings (SSSR count). The maximum atomic E-state index is 13.5. The van der Waals surface area contributed by atoms with Gasteiger partial charge in [0.25, 0.3) is 5.91 Å². The van der Waals surface area contributed by atoms with E-state index in [1.807, 2.05) is 42.2 Å². The molecule has 0 saturated carbocycles. The summed E-state index contributed by atoms with van der Waals surface area (Å²) in [6.07, 6.45) is 3.00. The van der Waals surface area contributed by atoms with Crippen molar-refractivity contribution in [1.29, 1.82) is 0 Å². The zero-order valence-electron chi connectivity index (χ0n) is 19.6. The number of amides is 1. The topological polar surface area (TPSA) is 49.6 Å². The highest BCUT2D eigenvalue weighted by Crippen LogP contribution is 2.35. The quantitative estimate of drug-likeness (QED) is 0.434. The fourth-order valence-electron chi connectivity index (χ4n) is 4.30. The van der Waals surface area contributed by atoms with Gasteiger partial charge in [0.1, 0.15) is 11.5 Å². The molecule has 3 aromatic rings. The second kappa shape index (κ2) is 10.2. The Morgan fingerprint density at radius 2 is 1.82 bits per heavy atom. The van der Waals surface area contributed by atoms with Crippen LogP contribution in [0.3, 0.4) is 0 Å². The van der Waals surface area contributed by atoms with E-state index >= 15 is 0 Å². The smallest absolute Gasteiger partial charge is 0.254 e. The lowest BCUT2D eigenvalue weighted by atomic mass is 9.98. The number of anilines is 1. The van der Waals surface area contributed by atoms with Gasteiger partial charge in [-0.05, 0) is 56.4 Å². The lowest BCUT2D eigenvalue weighted by molar-refractivity contribution is 0.0672. The number of nitrogens with zero attached hydrogens (tertiary/aromatic N) is 3. The average molecular weight is 450 g/mol. The molecule has 1 aromatic heterocycles. The second-order valence-electron chi connectivity index (χ2n) is 9.05. The fourth-order valence-corrected chi connectivity index (χ4v) is 4.30. The number of piperidine rings is 1. The summed E-state index contributed by atoms with van der Waals surface area (Å²) >= 11 is 0. The summed E-state index contributed by atoms with van der Waals surface area (Å²) in [5.74, 6) is 0.968. The summed E-state index contributed by atoms with van der Waals surface area (Å²) in [7, 11) is 0. The van der Waals surface area contributed by atoms with Crippen molar-refractivity contribution < 1.29 is 13.7 Å². The molecule has 0 aliphatic carbocycles. The van der Waals surface area contributed by atoms with Crippen molar-refractivity contribution >= 4 is 11.8 Å². The monoisotopic (exact) mass is 449 g/mol. The Labute approximate surface area is 195 Å². The van der Waals surface area contributed by atoms with Gasteiger partial charge in [-0.15, -0.1) is 0 Å². The van der Waals surface area contributed by atoms with Gasteiger partial charge in [0.15, 0.2) is 0 Å². The van der Waals surface area contributed by atoms with Crippen LogP contribution >= 0.6 is 0 Å². The van der Waals surface area contributed by atoms with Crippen molar-refractivity contribution in [3.63, 3.8) is 0 Å². The first-order valence-electron chi connectivity index (χ1n) is 11.8. The number of carbonyl (C=O) groups excluding carboxylic acids is 1. The zero-order chi connectivity index (χ0) is 23.4. The molecule has 1 atom stereocenters. The highest BCUT2D eigenvalue weighted by Gasteiger charge is 2.30. The maximum absolute atomic E-state index is 13.5. The van der Waals surface area contributed by atoms with Crippen LogP contribution in [0.2, 0.25) is 0 Å². The van der Waals surface area contributed by atoms with Crippen LogP contribution in [0.5, 0.6) is 0 Å². The van der Waals surface area contributed by atoms with E-state index in [0.29, 0.717) is 18.0 Å². The highest BCUT2D eigenvalue weighted by atomic mass is 19.1. The summed E-state index contributed by atoms with van der Waals surface area (Å²) in [5, 5.41) is 4.46. The van der Waals surface area contributed by atoms with Crippen LogP contribution in [0, 0.1) is 11.7 Å². The predicted molar refractivity (Wildman–Crippen MR) is 129 cm³/mol. The molecule has 174 valence electrons. The van der Waals surface area contributed by atoms with E-state index in [1.54, 1.807) is 12.1 Å². The number of benzene rings is 2. The average Bonchev–Trinajstić information content (AvgIpc) is 3.26. The minimum Gasteiger partial charge on any atom is -0.340 e. The third-order valence-electron chi connectivity index (χ3n) is 6.69. The van der Waals surface area contributed by atoms with Crippen LogP contribution in [-0.4, -0.2) is 35.1 Å². The molecule has 2 heterocycles. The summed E-state index contributed by atoms with van der Waals surface area (Å²) in [5.41, 5.74) is 3.13. The molecule has 33 heavy (non-hydrogen) atoms. The van der Waals surface area contributed by atoms with Crippen LogP contribution in [0.15, 0.2) is 59.1 Å². The summed E-state index contributed by atoms with van der Waals surface area (Å²) < 4.78 is 19.4. The highest BCUT2D eigenvalue weighted by molar-refractivity contribution is 5.94. The molecule has 1 amide bonds. The molecule has 0 spiro atoms. The Morgan fingerprint density at radius 3 is 2.45 bits per heavy atom. The molecule has 0 radical (unpaired) electrons. The van der Waals surface area contributed by atoms with Gasteiger partial charge in [0.05, 0.1) is 12.1 Å². The molecule has 1 aliphatic heterocycles. The Hall–Kier alpha value is -3.15. The first-order chi connectivity index (χ1) is 16.0. The third kappa shape index (κ3) is 5.10. The van der Waals surface area contributed by atoms with Crippen molar-refractivity contribution in [2.45, 2.75) is 52.6 Å². The first-order valence-corrected chi connectivity index (χ1v) is 11.8. The van der Waals surface area contributed by atoms with Crippen molar-refractivity contribution in [3.05, 3.63) is 71.5 Å². The Balaban J connectivity index is 1.73. The van der Waals surface area contributed by atoms with E-state index in [-0.39, 0.29) is 17.8 Å². The predicted octanol–water partition coefficient (Wildman–Crippen LogP) is 6.16. The van der Waals surface area contributed by atoms with Crippen LogP contribution < -0.4 is 4.90 Å². The lowest BCUT2D eigenvalue weighted by Gasteiger charge is -2.32. The van der Waals surface area contributed by atoms with Crippen molar-refractivity contribution in [1.82, 2.24) is 10.1 Å². The lowest BCUT2D eigenvalue weighted by Crippen LogP contribution is -2.39. The number of aromatic nitrogens is 1. The Kier molecular flexibility index (Phi) is 7.11. The second-order valence-corrected chi connectivity index (χ2v) is 9.05. The van der Waals surface area contributed by atoms with Crippen molar-refractivity contribution in [3.8, 4) is 11.3 Å². The van der Waals surface area contributed by atoms with Crippen LogP contribution in [0.25, 0.3) is 11.3 Å². The SMILES string of the molecule is CCC(C)N(Cc1c(-c2ccccc2)noc1N1CCC(C)CC1)C(=O)c1ccc(F)cc1. The van der Waals surface area contributed by atoms with Crippen molar-refractivity contribution in [2.24, 2.45) is 5.92 Å². The fraction of sp³-hybridized carbons (Fsp3) is 0.407. The molecule has 0 N–H and O–H groups in total. The molecule has 5 nitrogen and oxygen atoms in total. The number of rotatable bonds is 7. The van der Waals surface area contributed by atoms with E-state index in [0.717, 1.165) is 55.1 Å². The normalized spacial score (nSPS) is 15.5. The molecule has 1 unspecified atom stereocenters. The van der Waals surface area contributed by atoms with Gasteiger partial charge in [-0.2, -0.15) is 0 Å². The Bertz CT molecular complexity index is 1060. The molecule has 1 aliphatic rings. The standard InChI is InChI=1S/C27H32FN3O2/c1-4-20(3)31(26(32)22-10-12-23(28)13-11-22)18-24-25(21-8-6-5-7-9-21)29-33-27(24)30-16-14-19(2)15-17-30/h5-13,19-20H,4,14-18H2,1-3H3. The number of hydrogen-bond donors (Lipinski definition) is 0. The summed E-state index contributed by atoms with van der Waals surface area (Å²) in [6.45, 7) is 8.58. The van der Waals surface area contributed by atoms with Crippen LogP contribution in [0.1, 0.15) is 56.0 Å². The molecule has 1 saturated heterocycles. The van der Waals surface area contributed by atoms with Gasteiger partial charge in [-0.1, -0.05) is 49.3 Å². The van der Waals surface area contributed by atoms with Gasteiger partial charge in [0.2, 0.25) is 5.88 Å². The first kappa shape index (κ1) is 23.0. The third-order valence-corrected chi connectivity index (χ3v) is 6.69. The largest absolute Gasteiger partial charge is 0.340 e. The van der Waals surface area contributed by atoms with E-state index in [9.17, 15) is 9.18 Å². The minimum absolute atomic E-state index is 0.00435.